The number of fused-ring (bicyclic) bond motifs is 1. The van der Waals surface area contributed by atoms with Crippen LogP contribution in [0.4, 0.5) is 0 Å². The van der Waals surface area contributed by atoms with E-state index in [9.17, 15) is 27.9 Å². The second-order valence-corrected chi connectivity index (χ2v) is 12.5. The number of carboxylic acids is 1. The smallest absolute Gasteiger partial charge is 0.326 e. The van der Waals surface area contributed by atoms with Gasteiger partial charge in [0.05, 0.1) is 29.9 Å². The zero-order valence-corrected chi connectivity index (χ0v) is 23.8. The van der Waals surface area contributed by atoms with Gasteiger partial charge in [0.15, 0.2) is 0 Å². The molecule has 1 aliphatic rings. The average molecular weight is 588 g/mol. The second-order valence-electron chi connectivity index (χ2n) is 9.64. The number of aromatic amines is 1. The fourth-order valence-corrected chi connectivity index (χ4v) is 7.05. The van der Waals surface area contributed by atoms with Crippen molar-refractivity contribution in [2.45, 2.75) is 42.7 Å². The van der Waals surface area contributed by atoms with Gasteiger partial charge < -0.3 is 20.3 Å². The Morgan fingerprint density at radius 3 is 2.73 bits per heavy atom. The Labute approximate surface area is 237 Å². The zero-order chi connectivity index (χ0) is 28.7. The summed E-state index contributed by atoms with van der Waals surface area (Å²) in [6.07, 6.45) is 6.51. The third-order valence-corrected chi connectivity index (χ3v) is 9.44. The van der Waals surface area contributed by atoms with Crippen LogP contribution in [0.5, 0.6) is 0 Å². The van der Waals surface area contributed by atoms with E-state index in [-0.39, 0.29) is 30.2 Å². The van der Waals surface area contributed by atoms with Gasteiger partial charge in [0, 0.05) is 30.7 Å². The molecule has 0 radical (unpaired) electrons. The minimum absolute atomic E-state index is 0.0444. The first-order valence-electron chi connectivity index (χ1n) is 13.0. The Bertz CT molecular complexity index is 1440. The molecule has 214 valence electrons. The minimum atomic E-state index is -4.22. The first kappa shape index (κ1) is 29.6. The maximum absolute atomic E-state index is 14.1. The van der Waals surface area contributed by atoms with Crippen molar-refractivity contribution >= 4 is 50.3 Å². The summed E-state index contributed by atoms with van der Waals surface area (Å²) in [5.41, 5.74) is 0.584. The summed E-state index contributed by atoms with van der Waals surface area (Å²) < 4.78 is 29.3. The van der Waals surface area contributed by atoms with Crippen LogP contribution in [0.2, 0.25) is 0 Å². The molecule has 3 N–H and O–H groups in total. The number of carbonyl (C=O) groups excluding carboxylic acids is 2. The molecule has 3 aromatic rings. The quantitative estimate of drug-likeness (QED) is 0.275. The molecular weight excluding hydrogens is 554 g/mol. The maximum Gasteiger partial charge on any atom is 0.326 e. The standard InChI is InChI=1S/C27H33N5O6S2/c1-39-13-11-23(27(35)36)30-25(33)17-31(40(37,38)24-10-4-7-19-6-2-3-9-22(19)24)16-21-8-5-12-32(21)26(34)14-20-15-28-18-29-20/h2-4,6-7,9-10,15,18,21,23H,5,8,11-14,16-17H2,1H3,(H,28,29)(H,30,33)(H,35,36)/t21-,23-/m0/s1. The highest BCUT2D eigenvalue weighted by Gasteiger charge is 2.36. The van der Waals surface area contributed by atoms with Crippen LogP contribution in [0.1, 0.15) is 25.0 Å². The van der Waals surface area contributed by atoms with Crippen molar-refractivity contribution in [2.75, 3.05) is 31.6 Å². The average Bonchev–Trinajstić information content (AvgIpc) is 3.62. The number of sulfonamides is 1. The lowest BCUT2D eigenvalue weighted by atomic mass is 10.1. The normalized spacial score (nSPS) is 16.4. The highest BCUT2D eigenvalue weighted by atomic mass is 32.2. The predicted molar refractivity (Wildman–Crippen MR) is 152 cm³/mol. The number of nitrogens with one attached hydrogen (secondary N) is 2. The molecule has 0 spiro atoms. The first-order chi connectivity index (χ1) is 19.2. The summed E-state index contributed by atoms with van der Waals surface area (Å²) >= 11 is 1.45. The van der Waals surface area contributed by atoms with Crippen LogP contribution in [0.3, 0.4) is 0 Å². The van der Waals surface area contributed by atoms with Gasteiger partial charge in [-0.2, -0.15) is 16.1 Å². The number of nitrogens with zero attached hydrogens (tertiary/aromatic N) is 3. The molecule has 2 amide bonds. The second kappa shape index (κ2) is 13.3. The Hall–Kier alpha value is -3.42. The number of benzene rings is 2. The largest absolute Gasteiger partial charge is 0.480 e. The van der Waals surface area contributed by atoms with Crippen molar-refractivity contribution in [1.82, 2.24) is 24.5 Å². The van der Waals surface area contributed by atoms with E-state index in [0.717, 1.165) is 9.69 Å². The molecule has 4 rings (SSSR count). The number of aromatic nitrogens is 2. The van der Waals surface area contributed by atoms with Gasteiger partial charge in [-0.25, -0.2) is 18.2 Å². The molecule has 0 unspecified atom stereocenters. The molecule has 1 fully saturated rings. The lowest BCUT2D eigenvalue weighted by molar-refractivity contribution is -0.142. The fourth-order valence-electron chi connectivity index (χ4n) is 4.93. The van der Waals surface area contributed by atoms with Crippen LogP contribution in [0, 0.1) is 0 Å². The van der Waals surface area contributed by atoms with Crippen molar-refractivity contribution in [1.29, 1.82) is 0 Å². The van der Waals surface area contributed by atoms with Crippen molar-refractivity contribution in [3.05, 3.63) is 60.7 Å². The Balaban J connectivity index is 1.62. The van der Waals surface area contributed by atoms with Crippen molar-refractivity contribution < 1.29 is 27.9 Å². The summed E-state index contributed by atoms with van der Waals surface area (Å²) in [6.45, 7) is -0.210. The molecule has 13 heteroatoms. The number of hydrogen-bond donors (Lipinski definition) is 3. The van der Waals surface area contributed by atoms with E-state index in [2.05, 4.69) is 15.3 Å². The molecule has 1 aromatic heterocycles. The first-order valence-corrected chi connectivity index (χ1v) is 15.8. The van der Waals surface area contributed by atoms with Gasteiger partial charge in [-0.15, -0.1) is 0 Å². The molecule has 1 aliphatic heterocycles. The molecular formula is C27H33N5O6S2. The number of H-pyrrole nitrogens is 1. The van der Waals surface area contributed by atoms with Crippen LogP contribution >= 0.6 is 11.8 Å². The summed E-state index contributed by atoms with van der Waals surface area (Å²) in [5.74, 6) is -1.56. The summed E-state index contributed by atoms with van der Waals surface area (Å²) in [5, 5.41) is 13.3. The van der Waals surface area contributed by atoms with Crippen LogP contribution in [-0.4, -0.2) is 94.2 Å². The molecule has 0 bridgehead atoms. The van der Waals surface area contributed by atoms with Gasteiger partial charge in [0.25, 0.3) is 0 Å². The fraction of sp³-hybridized carbons (Fsp3) is 0.407. The number of likely N-dealkylation sites (tertiary alicyclic amines) is 1. The molecule has 2 heterocycles. The summed E-state index contributed by atoms with van der Waals surface area (Å²) in [6, 6.07) is 10.4. The number of thioether (sulfide) groups is 1. The van der Waals surface area contributed by atoms with E-state index < -0.39 is 40.5 Å². The van der Waals surface area contributed by atoms with Crippen molar-refractivity contribution in [3.63, 3.8) is 0 Å². The lowest BCUT2D eigenvalue weighted by Crippen LogP contribution is -2.50. The van der Waals surface area contributed by atoms with Crippen LogP contribution in [0.25, 0.3) is 10.8 Å². The molecule has 1 saturated heterocycles. The monoisotopic (exact) mass is 587 g/mol. The van der Waals surface area contributed by atoms with Crippen LogP contribution in [-0.2, 0) is 30.8 Å². The summed E-state index contributed by atoms with van der Waals surface area (Å²) in [7, 11) is -4.22. The molecule has 2 aromatic carbocycles. The van der Waals surface area contributed by atoms with E-state index >= 15 is 0 Å². The Morgan fingerprint density at radius 2 is 2.00 bits per heavy atom. The number of amides is 2. The molecule has 0 saturated carbocycles. The third-order valence-electron chi connectivity index (χ3n) is 6.93. The Morgan fingerprint density at radius 1 is 1.23 bits per heavy atom. The van der Waals surface area contributed by atoms with Crippen molar-refractivity contribution in [3.8, 4) is 0 Å². The highest BCUT2D eigenvalue weighted by Crippen LogP contribution is 2.28. The van der Waals surface area contributed by atoms with Crippen molar-refractivity contribution in [2.24, 2.45) is 0 Å². The Kier molecular flexibility index (Phi) is 9.82. The topological polar surface area (TPSA) is 153 Å². The van der Waals surface area contributed by atoms with Crippen LogP contribution in [0.15, 0.2) is 59.9 Å². The number of carboxylic acid groups (broad SMARTS) is 1. The van der Waals surface area contributed by atoms with E-state index in [1.807, 2.05) is 12.3 Å². The number of imidazole rings is 1. The van der Waals surface area contributed by atoms with E-state index in [1.165, 1.54) is 24.2 Å². The molecule has 0 aliphatic carbocycles. The zero-order valence-electron chi connectivity index (χ0n) is 22.2. The number of hydrogen-bond acceptors (Lipinski definition) is 7. The maximum atomic E-state index is 14.1. The highest BCUT2D eigenvalue weighted by molar-refractivity contribution is 7.98. The SMILES string of the molecule is CSCC[C@H](NC(=O)CN(C[C@@H]1CCCN1C(=O)Cc1c[nH]cn1)S(=O)(=O)c1cccc2ccccc12)C(=O)O. The lowest BCUT2D eigenvalue weighted by Gasteiger charge is -2.30. The molecule has 40 heavy (non-hydrogen) atoms. The van der Waals surface area contributed by atoms with E-state index in [1.54, 1.807) is 41.4 Å². The van der Waals surface area contributed by atoms with E-state index in [4.69, 9.17) is 0 Å². The number of carbonyl (C=O) groups is 3. The molecule has 2 atom stereocenters. The van der Waals surface area contributed by atoms with Gasteiger partial charge in [-0.1, -0.05) is 36.4 Å². The molecule has 11 nitrogen and oxygen atoms in total. The number of aliphatic carboxylic acids is 1. The van der Waals surface area contributed by atoms with Gasteiger partial charge in [-0.05, 0) is 42.7 Å². The predicted octanol–water partition coefficient (Wildman–Crippen LogP) is 2.11. The minimum Gasteiger partial charge on any atom is -0.480 e. The summed E-state index contributed by atoms with van der Waals surface area (Å²) in [4.78, 5) is 46.5. The third kappa shape index (κ3) is 7.01. The van der Waals surface area contributed by atoms with Gasteiger partial charge in [0.1, 0.15) is 6.04 Å². The van der Waals surface area contributed by atoms with Gasteiger partial charge >= 0.3 is 5.97 Å². The van der Waals surface area contributed by atoms with Gasteiger partial charge in [0.2, 0.25) is 21.8 Å². The van der Waals surface area contributed by atoms with Crippen LogP contribution < -0.4 is 5.32 Å². The van der Waals surface area contributed by atoms with E-state index in [0.29, 0.717) is 36.2 Å². The van der Waals surface area contributed by atoms with Gasteiger partial charge in [-0.3, -0.25) is 9.59 Å². The number of rotatable bonds is 13.